The fourth-order valence-corrected chi connectivity index (χ4v) is 2.67. The van der Waals surface area contributed by atoms with Crippen molar-refractivity contribution in [1.82, 2.24) is 10.3 Å². The summed E-state index contributed by atoms with van der Waals surface area (Å²) >= 11 is 0. The highest BCUT2D eigenvalue weighted by Crippen LogP contribution is 2.39. The average molecular weight is 260 g/mol. The standard InChI is InChI=1S/C16H24N2O/c1-15(2)6-8-16(3,9-7-15)18-14(19)12-13-4-10-17-11-5-13/h4-5,10-11H,6-9,12H2,1-3H3,(H,18,19). The van der Waals surface area contributed by atoms with Crippen LogP contribution in [0.1, 0.15) is 52.0 Å². The predicted octanol–water partition coefficient (Wildman–Crippen LogP) is 3.10. The SMILES string of the molecule is CC1(C)CCC(C)(NC(=O)Cc2ccncc2)CC1. The number of amides is 1. The summed E-state index contributed by atoms with van der Waals surface area (Å²) < 4.78 is 0. The monoisotopic (exact) mass is 260 g/mol. The molecule has 3 heteroatoms. The van der Waals surface area contributed by atoms with E-state index in [1.807, 2.05) is 12.1 Å². The summed E-state index contributed by atoms with van der Waals surface area (Å²) in [5.41, 5.74) is 1.42. The van der Waals surface area contributed by atoms with Crippen LogP contribution in [-0.2, 0) is 11.2 Å². The molecule has 1 aliphatic carbocycles. The summed E-state index contributed by atoms with van der Waals surface area (Å²) in [6.07, 6.45) is 8.41. The minimum absolute atomic E-state index is 0.0281. The van der Waals surface area contributed by atoms with Crippen molar-refractivity contribution in [3.05, 3.63) is 30.1 Å². The Labute approximate surface area is 115 Å². The number of hydrogen-bond donors (Lipinski definition) is 1. The van der Waals surface area contributed by atoms with Crippen LogP contribution in [0, 0.1) is 5.41 Å². The number of hydrogen-bond acceptors (Lipinski definition) is 2. The number of carbonyl (C=O) groups excluding carboxylic acids is 1. The summed E-state index contributed by atoms with van der Waals surface area (Å²) in [6, 6.07) is 3.79. The van der Waals surface area contributed by atoms with Crippen molar-refractivity contribution >= 4 is 5.91 Å². The van der Waals surface area contributed by atoms with Crippen LogP contribution < -0.4 is 5.32 Å². The third-order valence-corrected chi connectivity index (χ3v) is 4.26. The van der Waals surface area contributed by atoms with E-state index in [9.17, 15) is 4.79 Å². The van der Waals surface area contributed by atoms with E-state index < -0.39 is 0 Å². The maximum atomic E-state index is 12.1. The van der Waals surface area contributed by atoms with Gasteiger partial charge in [-0.2, -0.15) is 0 Å². The van der Waals surface area contributed by atoms with Crippen molar-refractivity contribution in [1.29, 1.82) is 0 Å². The highest BCUT2D eigenvalue weighted by atomic mass is 16.1. The van der Waals surface area contributed by atoms with Crippen LogP contribution in [-0.4, -0.2) is 16.4 Å². The van der Waals surface area contributed by atoms with Gasteiger partial charge in [0.05, 0.1) is 6.42 Å². The third kappa shape index (κ3) is 4.05. The van der Waals surface area contributed by atoms with E-state index in [2.05, 4.69) is 31.1 Å². The van der Waals surface area contributed by atoms with Gasteiger partial charge >= 0.3 is 0 Å². The van der Waals surface area contributed by atoms with Crippen molar-refractivity contribution in [2.24, 2.45) is 5.41 Å². The maximum Gasteiger partial charge on any atom is 0.224 e. The van der Waals surface area contributed by atoms with Crippen LogP contribution >= 0.6 is 0 Å². The second-order valence-corrected chi connectivity index (χ2v) is 6.81. The average Bonchev–Trinajstić information content (AvgIpc) is 2.35. The second-order valence-electron chi connectivity index (χ2n) is 6.81. The van der Waals surface area contributed by atoms with Gasteiger partial charge in [-0.05, 0) is 55.7 Å². The summed E-state index contributed by atoms with van der Waals surface area (Å²) in [5.74, 6) is 0.119. The Morgan fingerprint density at radius 3 is 2.32 bits per heavy atom. The van der Waals surface area contributed by atoms with Gasteiger partial charge in [-0.15, -0.1) is 0 Å². The zero-order valence-corrected chi connectivity index (χ0v) is 12.2. The van der Waals surface area contributed by atoms with Gasteiger partial charge in [-0.25, -0.2) is 0 Å². The summed E-state index contributed by atoms with van der Waals surface area (Å²) in [5, 5.41) is 3.22. The molecule has 0 radical (unpaired) electrons. The van der Waals surface area contributed by atoms with Gasteiger partial charge in [0.1, 0.15) is 0 Å². The van der Waals surface area contributed by atoms with E-state index in [-0.39, 0.29) is 11.4 Å². The van der Waals surface area contributed by atoms with Crippen LogP contribution in [0.2, 0.25) is 0 Å². The molecule has 1 aromatic heterocycles. The molecule has 1 aliphatic rings. The van der Waals surface area contributed by atoms with Gasteiger partial charge in [0, 0.05) is 17.9 Å². The predicted molar refractivity (Wildman–Crippen MR) is 76.7 cm³/mol. The molecule has 1 aromatic rings. The van der Waals surface area contributed by atoms with E-state index in [1.165, 1.54) is 12.8 Å². The van der Waals surface area contributed by atoms with E-state index in [4.69, 9.17) is 0 Å². The number of nitrogens with one attached hydrogen (secondary N) is 1. The first-order chi connectivity index (χ1) is 8.89. The Hall–Kier alpha value is -1.38. The first kappa shape index (κ1) is 14.0. The van der Waals surface area contributed by atoms with Crippen molar-refractivity contribution in [2.45, 2.75) is 58.4 Å². The van der Waals surface area contributed by atoms with Gasteiger partial charge in [-0.3, -0.25) is 9.78 Å². The molecule has 19 heavy (non-hydrogen) atoms. The summed E-state index contributed by atoms with van der Waals surface area (Å²) in [6.45, 7) is 6.80. The van der Waals surface area contributed by atoms with Gasteiger partial charge in [0.15, 0.2) is 0 Å². The van der Waals surface area contributed by atoms with Crippen molar-refractivity contribution in [2.75, 3.05) is 0 Å². The molecule has 3 nitrogen and oxygen atoms in total. The van der Waals surface area contributed by atoms with Crippen LogP contribution in [0.3, 0.4) is 0 Å². The van der Waals surface area contributed by atoms with Gasteiger partial charge < -0.3 is 5.32 Å². The van der Waals surface area contributed by atoms with Crippen molar-refractivity contribution in [3.8, 4) is 0 Å². The molecule has 1 amide bonds. The Morgan fingerprint density at radius 2 is 1.74 bits per heavy atom. The first-order valence-electron chi connectivity index (χ1n) is 7.09. The lowest BCUT2D eigenvalue weighted by molar-refractivity contribution is -0.122. The second kappa shape index (κ2) is 5.32. The molecule has 0 spiro atoms. The third-order valence-electron chi connectivity index (χ3n) is 4.26. The highest BCUT2D eigenvalue weighted by Gasteiger charge is 2.35. The molecule has 0 aliphatic heterocycles. The highest BCUT2D eigenvalue weighted by molar-refractivity contribution is 5.79. The molecule has 1 heterocycles. The van der Waals surface area contributed by atoms with E-state index in [0.29, 0.717) is 11.8 Å². The van der Waals surface area contributed by atoms with E-state index >= 15 is 0 Å². The fraction of sp³-hybridized carbons (Fsp3) is 0.625. The number of aromatic nitrogens is 1. The lowest BCUT2D eigenvalue weighted by atomic mass is 9.70. The molecule has 0 bridgehead atoms. The number of pyridine rings is 1. The lowest BCUT2D eigenvalue weighted by Crippen LogP contribution is -2.49. The topological polar surface area (TPSA) is 42.0 Å². The quantitative estimate of drug-likeness (QED) is 0.907. The zero-order chi connectivity index (χ0) is 13.9. The molecular weight excluding hydrogens is 236 g/mol. The minimum atomic E-state index is -0.0281. The Morgan fingerprint density at radius 1 is 1.16 bits per heavy atom. The molecule has 0 atom stereocenters. The molecule has 104 valence electrons. The molecule has 2 rings (SSSR count). The first-order valence-corrected chi connectivity index (χ1v) is 7.09. The zero-order valence-electron chi connectivity index (χ0n) is 12.2. The summed E-state index contributed by atoms with van der Waals surface area (Å²) in [4.78, 5) is 16.1. The Balaban J connectivity index is 1.89. The van der Waals surface area contributed by atoms with Crippen LogP contribution in [0.25, 0.3) is 0 Å². The van der Waals surface area contributed by atoms with E-state index in [1.54, 1.807) is 12.4 Å². The van der Waals surface area contributed by atoms with E-state index in [0.717, 1.165) is 18.4 Å². The summed E-state index contributed by atoms with van der Waals surface area (Å²) in [7, 11) is 0. The van der Waals surface area contributed by atoms with Gasteiger partial charge in [-0.1, -0.05) is 13.8 Å². The van der Waals surface area contributed by atoms with Crippen molar-refractivity contribution in [3.63, 3.8) is 0 Å². The fourth-order valence-electron chi connectivity index (χ4n) is 2.67. The molecule has 1 saturated carbocycles. The smallest absolute Gasteiger partial charge is 0.224 e. The number of rotatable bonds is 3. The lowest BCUT2D eigenvalue weighted by Gasteiger charge is -2.42. The maximum absolute atomic E-state index is 12.1. The Kier molecular flexibility index (Phi) is 3.93. The van der Waals surface area contributed by atoms with Crippen LogP contribution in [0.5, 0.6) is 0 Å². The molecule has 0 aromatic carbocycles. The Bertz CT molecular complexity index is 429. The minimum Gasteiger partial charge on any atom is -0.351 e. The van der Waals surface area contributed by atoms with Gasteiger partial charge in [0.25, 0.3) is 0 Å². The molecule has 0 saturated heterocycles. The molecule has 0 unspecified atom stereocenters. The van der Waals surface area contributed by atoms with Gasteiger partial charge in [0.2, 0.25) is 5.91 Å². The largest absolute Gasteiger partial charge is 0.351 e. The van der Waals surface area contributed by atoms with Crippen molar-refractivity contribution < 1.29 is 4.79 Å². The van der Waals surface area contributed by atoms with Crippen LogP contribution in [0.4, 0.5) is 0 Å². The molecule has 1 fully saturated rings. The molecule has 1 N–H and O–H groups in total. The number of nitrogens with zero attached hydrogens (tertiary/aromatic N) is 1. The molecular formula is C16H24N2O. The van der Waals surface area contributed by atoms with Crippen LogP contribution in [0.15, 0.2) is 24.5 Å². The normalized spacial score (nSPS) is 20.8. The number of carbonyl (C=O) groups is 1.